The minimum atomic E-state index is 0. The molecule has 1 aromatic carbocycles. The van der Waals surface area contributed by atoms with Crippen molar-refractivity contribution < 1.29 is 4.42 Å². The monoisotopic (exact) mass is 441 g/mol. The molecule has 0 spiro atoms. The molecule has 5 heteroatoms. The summed E-state index contributed by atoms with van der Waals surface area (Å²) in [6.07, 6.45) is 2.54. The van der Waals surface area contributed by atoms with Gasteiger partial charge in [0.25, 0.3) is 0 Å². The number of nitrogens with one attached hydrogen (secondary N) is 2. The average molecular weight is 441 g/mol. The summed E-state index contributed by atoms with van der Waals surface area (Å²) < 4.78 is 5.33. The van der Waals surface area contributed by atoms with Crippen LogP contribution in [0, 0.1) is 6.92 Å². The fraction of sp³-hybridized carbons (Fsp3) is 0.421. The molecular weight excluding hydrogens is 413 g/mol. The minimum Gasteiger partial charge on any atom is -0.469 e. The molecule has 0 fully saturated rings. The Labute approximate surface area is 162 Å². The van der Waals surface area contributed by atoms with Gasteiger partial charge in [0, 0.05) is 32.0 Å². The normalized spacial score (nSPS) is 11.8. The predicted octanol–water partition coefficient (Wildman–Crippen LogP) is 3.89. The zero-order valence-electron chi connectivity index (χ0n) is 14.9. The summed E-state index contributed by atoms with van der Waals surface area (Å²) in [6.45, 7) is 8.26. The van der Waals surface area contributed by atoms with E-state index in [2.05, 4.69) is 60.7 Å². The van der Waals surface area contributed by atoms with E-state index >= 15 is 0 Å². The Hall–Kier alpha value is -1.50. The number of hydrogen-bond acceptors (Lipinski definition) is 2. The van der Waals surface area contributed by atoms with Crippen molar-refractivity contribution in [1.82, 2.24) is 10.6 Å². The van der Waals surface area contributed by atoms with E-state index in [4.69, 9.17) is 4.42 Å². The highest BCUT2D eigenvalue weighted by molar-refractivity contribution is 14.0. The van der Waals surface area contributed by atoms with Crippen LogP contribution in [0.5, 0.6) is 0 Å². The van der Waals surface area contributed by atoms with Gasteiger partial charge >= 0.3 is 0 Å². The lowest BCUT2D eigenvalue weighted by Crippen LogP contribution is -2.44. The average Bonchev–Trinajstić information content (AvgIpc) is 3.04. The van der Waals surface area contributed by atoms with Gasteiger partial charge in [0.15, 0.2) is 5.96 Å². The molecule has 0 radical (unpaired) electrons. The van der Waals surface area contributed by atoms with Crippen molar-refractivity contribution in [3.05, 3.63) is 59.5 Å². The van der Waals surface area contributed by atoms with Gasteiger partial charge in [-0.05, 0) is 30.2 Å². The second kappa shape index (κ2) is 9.71. The summed E-state index contributed by atoms with van der Waals surface area (Å²) >= 11 is 0. The van der Waals surface area contributed by atoms with Gasteiger partial charge < -0.3 is 15.1 Å². The fourth-order valence-corrected chi connectivity index (χ4v) is 2.71. The van der Waals surface area contributed by atoms with E-state index in [1.54, 1.807) is 13.3 Å². The zero-order valence-corrected chi connectivity index (χ0v) is 17.3. The molecule has 1 aromatic heterocycles. The molecule has 0 aliphatic carbocycles. The summed E-state index contributed by atoms with van der Waals surface area (Å²) in [6, 6.07) is 12.4. The van der Waals surface area contributed by atoms with Crippen LogP contribution in [0.3, 0.4) is 0 Å². The maximum Gasteiger partial charge on any atom is 0.191 e. The Bertz CT molecular complexity index is 636. The lowest BCUT2D eigenvalue weighted by Gasteiger charge is -2.28. The number of aliphatic imine (C=N–C) groups is 1. The van der Waals surface area contributed by atoms with E-state index in [0.717, 1.165) is 31.2 Å². The first-order chi connectivity index (χ1) is 11.0. The maximum absolute atomic E-state index is 5.33. The molecule has 2 rings (SSSR count). The van der Waals surface area contributed by atoms with Crippen molar-refractivity contribution in [2.75, 3.05) is 20.1 Å². The SMILES string of the molecule is CN=C(NCCc1ccco1)NCC(C)(C)c1ccccc1C.I. The quantitative estimate of drug-likeness (QED) is 0.406. The summed E-state index contributed by atoms with van der Waals surface area (Å²) in [4.78, 5) is 4.29. The Morgan fingerprint density at radius 2 is 1.88 bits per heavy atom. The van der Waals surface area contributed by atoms with Gasteiger partial charge in [-0.1, -0.05) is 38.1 Å². The largest absolute Gasteiger partial charge is 0.469 e. The van der Waals surface area contributed by atoms with Crippen LogP contribution in [-0.2, 0) is 11.8 Å². The van der Waals surface area contributed by atoms with Crippen molar-refractivity contribution in [2.24, 2.45) is 4.99 Å². The van der Waals surface area contributed by atoms with Crippen LogP contribution < -0.4 is 10.6 Å². The minimum absolute atomic E-state index is 0. The highest BCUT2D eigenvalue weighted by Gasteiger charge is 2.22. The second-order valence-electron chi connectivity index (χ2n) is 6.38. The number of hydrogen-bond donors (Lipinski definition) is 2. The molecule has 2 aromatic rings. The predicted molar refractivity (Wildman–Crippen MR) is 111 cm³/mol. The second-order valence-corrected chi connectivity index (χ2v) is 6.38. The first kappa shape index (κ1) is 20.5. The molecule has 4 nitrogen and oxygen atoms in total. The molecule has 0 atom stereocenters. The van der Waals surface area contributed by atoms with Crippen molar-refractivity contribution in [2.45, 2.75) is 32.6 Å². The molecule has 2 N–H and O–H groups in total. The summed E-state index contributed by atoms with van der Waals surface area (Å²) in [5, 5.41) is 6.75. The summed E-state index contributed by atoms with van der Waals surface area (Å²) in [5.74, 6) is 1.80. The molecule has 0 saturated carbocycles. The molecule has 0 saturated heterocycles. The topological polar surface area (TPSA) is 49.6 Å². The third kappa shape index (κ3) is 5.85. The summed E-state index contributed by atoms with van der Waals surface area (Å²) in [5.41, 5.74) is 2.71. The number of halogens is 1. The van der Waals surface area contributed by atoms with Gasteiger partial charge in [-0.15, -0.1) is 24.0 Å². The van der Waals surface area contributed by atoms with Gasteiger partial charge in [-0.25, -0.2) is 0 Å². The Morgan fingerprint density at radius 1 is 1.12 bits per heavy atom. The number of nitrogens with zero attached hydrogens (tertiary/aromatic N) is 1. The van der Waals surface area contributed by atoms with Crippen LogP contribution in [0.2, 0.25) is 0 Å². The van der Waals surface area contributed by atoms with E-state index in [-0.39, 0.29) is 29.4 Å². The highest BCUT2D eigenvalue weighted by Crippen LogP contribution is 2.25. The zero-order chi connectivity index (χ0) is 16.7. The van der Waals surface area contributed by atoms with Gasteiger partial charge in [-0.2, -0.15) is 0 Å². The fourth-order valence-electron chi connectivity index (χ4n) is 2.71. The van der Waals surface area contributed by atoms with Crippen molar-refractivity contribution >= 4 is 29.9 Å². The Balaban J connectivity index is 0.00000288. The van der Waals surface area contributed by atoms with Crippen molar-refractivity contribution in [1.29, 1.82) is 0 Å². The lowest BCUT2D eigenvalue weighted by atomic mass is 9.82. The van der Waals surface area contributed by atoms with Crippen LogP contribution in [0.25, 0.3) is 0 Å². The number of guanidine groups is 1. The summed E-state index contributed by atoms with van der Waals surface area (Å²) in [7, 11) is 1.79. The van der Waals surface area contributed by atoms with Gasteiger partial charge in [0.2, 0.25) is 0 Å². The number of rotatable bonds is 6. The molecule has 0 unspecified atom stereocenters. The molecule has 0 aliphatic rings. The highest BCUT2D eigenvalue weighted by atomic mass is 127. The van der Waals surface area contributed by atoms with E-state index in [1.807, 2.05) is 12.1 Å². The molecular formula is C19H28IN3O. The van der Waals surface area contributed by atoms with Crippen molar-refractivity contribution in [3.63, 3.8) is 0 Å². The first-order valence-corrected chi connectivity index (χ1v) is 8.06. The number of aryl methyl sites for hydroxylation is 1. The molecule has 0 aliphatic heterocycles. The van der Waals surface area contributed by atoms with Crippen LogP contribution in [0.15, 0.2) is 52.1 Å². The Morgan fingerprint density at radius 3 is 2.50 bits per heavy atom. The molecule has 1 heterocycles. The third-order valence-corrected chi connectivity index (χ3v) is 4.04. The first-order valence-electron chi connectivity index (χ1n) is 8.06. The van der Waals surface area contributed by atoms with Gasteiger partial charge in [0.1, 0.15) is 5.76 Å². The van der Waals surface area contributed by atoms with Gasteiger partial charge in [-0.3, -0.25) is 4.99 Å². The molecule has 132 valence electrons. The van der Waals surface area contributed by atoms with Crippen LogP contribution >= 0.6 is 24.0 Å². The van der Waals surface area contributed by atoms with E-state index in [9.17, 15) is 0 Å². The molecule has 0 amide bonds. The van der Waals surface area contributed by atoms with Crippen LogP contribution in [0.1, 0.15) is 30.7 Å². The van der Waals surface area contributed by atoms with E-state index in [1.165, 1.54) is 11.1 Å². The standard InChI is InChI=1S/C19H27N3O.HI/c1-15-8-5-6-10-17(15)19(2,3)14-22-18(20-4)21-12-11-16-9-7-13-23-16;/h5-10,13H,11-12,14H2,1-4H3,(H2,20,21,22);1H. The van der Waals surface area contributed by atoms with Crippen LogP contribution in [-0.4, -0.2) is 26.1 Å². The molecule has 24 heavy (non-hydrogen) atoms. The van der Waals surface area contributed by atoms with Gasteiger partial charge in [0.05, 0.1) is 6.26 Å². The third-order valence-electron chi connectivity index (χ3n) is 4.04. The molecule has 0 bridgehead atoms. The number of furan rings is 1. The Kier molecular flexibility index (Phi) is 8.31. The number of benzene rings is 1. The lowest BCUT2D eigenvalue weighted by molar-refractivity contribution is 0.498. The smallest absolute Gasteiger partial charge is 0.191 e. The maximum atomic E-state index is 5.33. The van der Waals surface area contributed by atoms with Crippen LogP contribution in [0.4, 0.5) is 0 Å². The van der Waals surface area contributed by atoms with E-state index < -0.39 is 0 Å². The van der Waals surface area contributed by atoms with Crippen molar-refractivity contribution in [3.8, 4) is 0 Å². The van der Waals surface area contributed by atoms with E-state index in [0.29, 0.717) is 0 Å².